The average molecular weight is 276 g/mol. The minimum atomic E-state index is -4.51. The summed E-state index contributed by atoms with van der Waals surface area (Å²) in [5.41, 5.74) is 0. The number of nitrogens with one attached hydrogen (secondary N) is 1. The van der Waals surface area contributed by atoms with Gasteiger partial charge in [-0.3, -0.25) is 0 Å². The summed E-state index contributed by atoms with van der Waals surface area (Å²) in [4.78, 5) is 3.29. The Labute approximate surface area is 98.9 Å². The van der Waals surface area contributed by atoms with E-state index in [9.17, 15) is 13.2 Å². The predicted molar refractivity (Wildman–Crippen MR) is 54.9 cm³/mol. The first-order valence-corrected chi connectivity index (χ1v) is 5.42. The molecule has 1 heterocycles. The molecular formula is C7H9ClF3N3OS. The maximum absolute atomic E-state index is 12.1. The van der Waals surface area contributed by atoms with E-state index < -0.39 is 12.0 Å². The number of nitrogens with zero attached hydrogens (tertiary/aromatic N) is 2. The summed E-state index contributed by atoms with van der Waals surface area (Å²) in [6.07, 6.45) is -4.51. The molecule has 0 aliphatic carbocycles. The molecule has 1 rings (SSSR count). The molecule has 1 N–H and O–H groups in total. The van der Waals surface area contributed by atoms with Gasteiger partial charge in [0.15, 0.2) is 0 Å². The number of hydrogen-bond donors (Lipinski definition) is 1. The van der Waals surface area contributed by atoms with E-state index in [1.165, 1.54) is 7.11 Å². The van der Waals surface area contributed by atoms with Crippen LogP contribution in [0.5, 0.6) is 0 Å². The summed E-state index contributed by atoms with van der Waals surface area (Å²) in [6.45, 7) is 0.571. The lowest BCUT2D eigenvalue weighted by atomic mass is 10.4. The fourth-order valence-electron chi connectivity index (χ4n) is 0.848. The quantitative estimate of drug-likeness (QED) is 0.837. The molecular weight excluding hydrogens is 267 g/mol. The van der Waals surface area contributed by atoms with E-state index in [-0.39, 0.29) is 17.1 Å². The van der Waals surface area contributed by atoms with E-state index in [1.807, 2.05) is 0 Å². The highest BCUT2D eigenvalue weighted by molar-refractivity contribution is 7.09. The van der Waals surface area contributed by atoms with Gasteiger partial charge >= 0.3 is 6.18 Å². The fraction of sp³-hybridized carbons (Fsp3) is 0.714. The van der Waals surface area contributed by atoms with Gasteiger partial charge in [-0.2, -0.15) is 22.5 Å². The van der Waals surface area contributed by atoms with Crippen LogP contribution < -0.4 is 5.32 Å². The van der Waals surface area contributed by atoms with Crippen LogP contribution in [-0.2, 0) is 10.9 Å². The van der Waals surface area contributed by atoms with Crippen LogP contribution in [0.1, 0.15) is 5.82 Å². The highest BCUT2D eigenvalue weighted by atomic mass is 35.5. The molecule has 1 aromatic rings. The largest absolute Gasteiger partial charge is 0.452 e. The summed E-state index contributed by atoms with van der Waals surface area (Å²) >= 11 is 6.42. The second-order valence-corrected chi connectivity index (χ2v) is 4.22. The Morgan fingerprint density at radius 2 is 2.25 bits per heavy atom. The van der Waals surface area contributed by atoms with Crippen molar-refractivity contribution in [1.29, 1.82) is 0 Å². The van der Waals surface area contributed by atoms with Gasteiger partial charge < -0.3 is 10.1 Å². The predicted octanol–water partition coefficient (Wildman–Crippen LogP) is 2.22. The highest BCUT2D eigenvalue weighted by Crippen LogP contribution is 2.28. The Hall–Kier alpha value is -0.600. The third-order valence-corrected chi connectivity index (χ3v) is 2.45. The van der Waals surface area contributed by atoms with Crippen LogP contribution in [0.2, 0.25) is 0 Å². The van der Waals surface area contributed by atoms with E-state index in [1.54, 1.807) is 0 Å². The Kier molecular flexibility index (Phi) is 4.75. The number of aromatic nitrogens is 2. The van der Waals surface area contributed by atoms with Crippen LogP contribution in [0.4, 0.5) is 18.3 Å². The van der Waals surface area contributed by atoms with Crippen molar-refractivity contribution in [1.82, 2.24) is 9.36 Å². The summed E-state index contributed by atoms with van der Waals surface area (Å²) in [6, 6.07) is 0. The zero-order chi connectivity index (χ0) is 12.2. The molecule has 0 aromatic carbocycles. The number of hydrogen-bond acceptors (Lipinski definition) is 5. The van der Waals surface area contributed by atoms with Crippen molar-refractivity contribution in [2.45, 2.75) is 11.6 Å². The topological polar surface area (TPSA) is 47.0 Å². The van der Waals surface area contributed by atoms with Crippen LogP contribution in [-0.4, -0.2) is 35.0 Å². The Balaban J connectivity index is 2.47. The number of rotatable bonds is 5. The van der Waals surface area contributed by atoms with E-state index in [2.05, 4.69) is 14.7 Å². The lowest BCUT2D eigenvalue weighted by Gasteiger charge is -2.07. The van der Waals surface area contributed by atoms with Gasteiger partial charge in [-0.1, -0.05) is 0 Å². The minimum absolute atomic E-state index is 0.0917. The van der Waals surface area contributed by atoms with Crippen molar-refractivity contribution < 1.29 is 17.9 Å². The van der Waals surface area contributed by atoms with Crippen molar-refractivity contribution in [2.24, 2.45) is 0 Å². The Morgan fingerprint density at radius 3 is 2.75 bits per heavy atom. The molecule has 0 radical (unpaired) electrons. The molecule has 0 bridgehead atoms. The maximum Gasteiger partial charge on any atom is 0.452 e. The maximum atomic E-state index is 12.1. The summed E-state index contributed by atoms with van der Waals surface area (Å²) in [5, 5.41) is 2.42. The van der Waals surface area contributed by atoms with Crippen molar-refractivity contribution in [3.8, 4) is 0 Å². The molecule has 4 nitrogen and oxygen atoms in total. The standard InChI is InChI=1S/C7H9ClF3N3OS/c1-15-3-4(8)2-12-6-13-5(14-16-6)7(9,10)11/h4H,2-3H2,1H3,(H,12,13,14). The first kappa shape index (κ1) is 13.5. The number of halogens is 4. The Morgan fingerprint density at radius 1 is 1.56 bits per heavy atom. The molecule has 0 aliphatic heterocycles. The summed E-state index contributed by atoms with van der Waals surface area (Å²) in [5.74, 6) is -1.14. The molecule has 1 aromatic heterocycles. The molecule has 1 atom stereocenters. The fourth-order valence-corrected chi connectivity index (χ4v) is 1.64. The van der Waals surface area contributed by atoms with Gasteiger partial charge in [0.05, 0.1) is 12.0 Å². The van der Waals surface area contributed by atoms with Crippen molar-refractivity contribution in [2.75, 3.05) is 25.6 Å². The normalized spacial score (nSPS) is 13.8. The molecule has 1 unspecified atom stereocenters. The summed E-state index contributed by atoms with van der Waals surface area (Å²) in [7, 11) is 1.49. The highest BCUT2D eigenvalue weighted by Gasteiger charge is 2.36. The number of anilines is 1. The Bertz CT molecular complexity index is 333. The van der Waals surface area contributed by atoms with Crippen molar-refractivity contribution >= 4 is 28.3 Å². The van der Waals surface area contributed by atoms with E-state index in [4.69, 9.17) is 16.3 Å². The number of ether oxygens (including phenoxy) is 1. The second kappa shape index (κ2) is 5.65. The second-order valence-electron chi connectivity index (χ2n) is 2.85. The average Bonchev–Trinajstić information content (AvgIpc) is 2.63. The van der Waals surface area contributed by atoms with Crippen LogP contribution in [0.3, 0.4) is 0 Å². The molecule has 0 saturated carbocycles. The SMILES string of the molecule is COCC(Cl)CNc1nc(C(F)(F)F)ns1. The molecule has 16 heavy (non-hydrogen) atoms. The van der Waals surface area contributed by atoms with E-state index >= 15 is 0 Å². The molecule has 9 heteroatoms. The van der Waals surface area contributed by atoms with Crippen LogP contribution in [0.15, 0.2) is 0 Å². The van der Waals surface area contributed by atoms with Crippen molar-refractivity contribution in [3.63, 3.8) is 0 Å². The van der Waals surface area contributed by atoms with Crippen LogP contribution in [0.25, 0.3) is 0 Å². The summed E-state index contributed by atoms with van der Waals surface area (Å²) < 4.78 is 44.3. The third kappa shape index (κ3) is 4.11. The van der Waals surface area contributed by atoms with Gasteiger partial charge in [-0.15, -0.1) is 11.6 Å². The van der Waals surface area contributed by atoms with Gasteiger partial charge in [0.1, 0.15) is 0 Å². The smallest absolute Gasteiger partial charge is 0.383 e. The number of methoxy groups -OCH3 is 1. The molecule has 0 amide bonds. The molecule has 0 fully saturated rings. The zero-order valence-corrected chi connectivity index (χ0v) is 9.79. The van der Waals surface area contributed by atoms with Gasteiger partial charge in [-0.25, -0.2) is 0 Å². The number of alkyl halides is 4. The van der Waals surface area contributed by atoms with Gasteiger partial charge in [0.2, 0.25) is 11.0 Å². The van der Waals surface area contributed by atoms with Crippen LogP contribution in [0, 0.1) is 0 Å². The molecule has 0 aliphatic rings. The first-order valence-electron chi connectivity index (χ1n) is 4.21. The van der Waals surface area contributed by atoms with Gasteiger partial charge in [0.25, 0.3) is 0 Å². The molecule has 0 spiro atoms. The van der Waals surface area contributed by atoms with Gasteiger partial charge in [0, 0.05) is 25.2 Å². The molecule has 0 saturated heterocycles. The lowest BCUT2D eigenvalue weighted by Crippen LogP contribution is -2.19. The van der Waals surface area contributed by atoms with Crippen LogP contribution >= 0.6 is 23.1 Å². The lowest BCUT2D eigenvalue weighted by molar-refractivity contribution is -0.144. The monoisotopic (exact) mass is 275 g/mol. The zero-order valence-electron chi connectivity index (χ0n) is 8.21. The van der Waals surface area contributed by atoms with Gasteiger partial charge in [-0.05, 0) is 0 Å². The first-order chi connectivity index (χ1) is 7.43. The van der Waals surface area contributed by atoms with E-state index in [0.29, 0.717) is 18.1 Å². The minimum Gasteiger partial charge on any atom is -0.383 e. The molecule has 92 valence electrons. The third-order valence-electron chi connectivity index (χ3n) is 1.50. The van der Waals surface area contributed by atoms with E-state index in [0.717, 1.165) is 0 Å². The van der Waals surface area contributed by atoms with Crippen molar-refractivity contribution in [3.05, 3.63) is 5.82 Å².